The van der Waals surface area contributed by atoms with Crippen LogP contribution in [0.5, 0.6) is 0 Å². The number of anilines is 1. The second kappa shape index (κ2) is 9.73. The largest absolute Gasteiger partial charge is 0.451 e. The van der Waals surface area contributed by atoms with Gasteiger partial charge in [-0.1, -0.05) is 36.4 Å². The lowest BCUT2D eigenvalue weighted by molar-refractivity contribution is -0.137. The Bertz CT molecular complexity index is 1140. The van der Waals surface area contributed by atoms with Crippen molar-refractivity contribution in [2.75, 3.05) is 11.6 Å². The van der Waals surface area contributed by atoms with Crippen LogP contribution >= 0.6 is 11.3 Å². The summed E-state index contributed by atoms with van der Waals surface area (Å²) in [5.74, 6) is -1.55. The zero-order valence-electron chi connectivity index (χ0n) is 17.1. The molecule has 0 aliphatic carbocycles. The summed E-state index contributed by atoms with van der Waals surface area (Å²) < 4.78 is 44.5. The van der Waals surface area contributed by atoms with E-state index in [1.165, 1.54) is 18.3 Å². The van der Waals surface area contributed by atoms with Crippen molar-refractivity contribution >= 4 is 35.1 Å². The molecular formula is C22H18F3N3O3S. The molecule has 0 spiro atoms. The SMILES string of the molecule is Cc1nc(C)c(C(=O)OCC(=O)N(N=Cc2ccccc2)c2cccc(C(F)(F)F)c2)s1. The number of alkyl halides is 3. The normalized spacial score (nSPS) is 11.5. The van der Waals surface area contributed by atoms with Crippen LogP contribution in [0, 0.1) is 13.8 Å². The molecule has 0 unspecified atom stereocenters. The van der Waals surface area contributed by atoms with Gasteiger partial charge in [0.2, 0.25) is 0 Å². The number of halogens is 3. The van der Waals surface area contributed by atoms with Gasteiger partial charge in [-0.05, 0) is 37.6 Å². The molecule has 1 aromatic heterocycles. The molecule has 3 rings (SSSR count). The Morgan fingerprint density at radius 2 is 1.84 bits per heavy atom. The highest BCUT2D eigenvalue weighted by molar-refractivity contribution is 7.13. The fourth-order valence-corrected chi connectivity index (χ4v) is 3.54. The Hall–Kier alpha value is -3.53. The number of hydrogen-bond acceptors (Lipinski definition) is 6. The van der Waals surface area contributed by atoms with E-state index in [2.05, 4.69) is 10.1 Å². The van der Waals surface area contributed by atoms with Crippen LogP contribution in [-0.2, 0) is 15.7 Å². The third-order valence-electron chi connectivity index (χ3n) is 4.19. The Kier molecular flexibility index (Phi) is 7.04. The predicted molar refractivity (Wildman–Crippen MR) is 115 cm³/mol. The number of hydrazone groups is 1. The number of carbonyl (C=O) groups is 2. The van der Waals surface area contributed by atoms with E-state index in [4.69, 9.17) is 4.74 Å². The van der Waals surface area contributed by atoms with Crippen LogP contribution in [0.25, 0.3) is 0 Å². The minimum atomic E-state index is -4.60. The van der Waals surface area contributed by atoms with Crippen LogP contribution in [-0.4, -0.2) is 29.7 Å². The van der Waals surface area contributed by atoms with Crippen molar-refractivity contribution < 1.29 is 27.5 Å². The van der Waals surface area contributed by atoms with E-state index < -0.39 is 30.2 Å². The van der Waals surface area contributed by atoms with Gasteiger partial charge in [-0.2, -0.15) is 23.3 Å². The van der Waals surface area contributed by atoms with Crippen molar-refractivity contribution in [3.05, 3.63) is 81.3 Å². The minimum absolute atomic E-state index is 0.113. The van der Waals surface area contributed by atoms with Gasteiger partial charge in [-0.15, -0.1) is 11.3 Å². The summed E-state index contributed by atoms with van der Waals surface area (Å²) in [6.45, 7) is 2.66. The predicted octanol–water partition coefficient (Wildman–Crippen LogP) is 5.00. The van der Waals surface area contributed by atoms with Gasteiger partial charge in [-0.25, -0.2) is 9.78 Å². The van der Waals surface area contributed by atoms with Gasteiger partial charge in [-0.3, -0.25) is 4.79 Å². The molecule has 166 valence electrons. The Balaban J connectivity index is 1.85. The molecule has 0 fully saturated rings. The van der Waals surface area contributed by atoms with Crippen LogP contribution in [0.3, 0.4) is 0 Å². The zero-order chi connectivity index (χ0) is 23.3. The average Bonchev–Trinajstić information content (AvgIpc) is 3.10. The number of nitrogens with zero attached hydrogens (tertiary/aromatic N) is 3. The molecule has 6 nitrogen and oxygen atoms in total. The molecule has 0 saturated heterocycles. The van der Waals surface area contributed by atoms with Gasteiger partial charge in [0, 0.05) is 0 Å². The Labute approximate surface area is 186 Å². The molecule has 0 atom stereocenters. The summed E-state index contributed by atoms with van der Waals surface area (Å²) in [4.78, 5) is 29.5. The first kappa shape index (κ1) is 23.1. The molecular weight excluding hydrogens is 443 g/mol. The maximum Gasteiger partial charge on any atom is 0.416 e. The van der Waals surface area contributed by atoms with Gasteiger partial charge < -0.3 is 4.74 Å². The number of rotatable bonds is 6. The van der Waals surface area contributed by atoms with E-state index in [1.807, 2.05) is 0 Å². The van der Waals surface area contributed by atoms with Crippen LogP contribution in [0.1, 0.15) is 31.5 Å². The zero-order valence-corrected chi connectivity index (χ0v) is 17.9. The topological polar surface area (TPSA) is 71.9 Å². The monoisotopic (exact) mass is 461 g/mol. The van der Waals surface area contributed by atoms with E-state index in [9.17, 15) is 22.8 Å². The average molecular weight is 461 g/mol. The number of esters is 1. The first-order valence-electron chi connectivity index (χ1n) is 9.35. The quantitative estimate of drug-likeness (QED) is 0.294. The smallest absolute Gasteiger partial charge is 0.416 e. The van der Waals surface area contributed by atoms with Gasteiger partial charge >= 0.3 is 12.1 Å². The molecule has 0 aliphatic heterocycles. The summed E-state index contributed by atoms with van der Waals surface area (Å²) in [7, 11) is 0. The molecule has 0 bridgehead atoms. The lowest BCUT2D eigenvalue weighted by Crippen LogP contribution is -2.31. The van der Waals surface area contributed by atoms with Crippen LogP contribution in [0.15, 0.2) is 59.7 Å². The van der Waals surface area contributed by atoms with Crippen molar-refractivity contribution in [1.82, 2.24) is 4.98 Å². The lowest BCUT2D eigenvalue weighted by atomic mass is 10.2. The molecule has 3 aromatic rings. The second-order valence-corrected chi connectivity index (χ2v) is 7.84. The highest BCUT2D eigenvalue weighted by atomic mass is 32.1. The Morgan fingerprint density at radius 1 is 1.12 bits per heavy atom. The third kappa shape index (κ3) is 5.79. The van der Waals surface area contributed by atoms with Crippen molar-refractivity contribution in [1.29, 1.82) is 0 Å². The number of aromatic nitrogens is 1. The number of benzene rings is 2. The molecule has 0 saturated carbocycles. The Morgan fingerprint density at radius 3 is 2.47 bits per heavy atom. The maximum atomic E-state index is 13.1. The van der Waals surface area contributed by atoms with E-state index in [0.717, 1.165) is 28.5 Å². The number of carbonyl (C=O) groups excluding carboxylic acids is 2. The summed E-state index contributed by atoms with van der Waals surface area (Å²) in [5.41, 5.74) is 0.0557. The number of amides is 1. The number of aryl methyl sites for hydroxylation is 2. The summed E-state index contributed by atoms with van der Waals surface area (Å²) in [5, 5.41) is 5.49. The number of hydrogen-bond donors (Lipinski definition) is 0. The van der Waals surface area contributed by atoms with Crippen LogP contribution in [0.4, 0.5) is 18.9 Å². The second-order valence-electron chi connectivity index (χ2n) is 6.63. The van der Waals surface area contributed by atoms with E-state index in [-0.39, 0.29) is 10.6 Å². The minimum Gasteiger partial charge on any atom is -0.451 e. The summed E-state index contributed by atoms with van der Waals surface area (Å²) in [6.07, 6.45) is -3.27. The van der Waals surface area contributed by atoms with Gasteiger partial charge in [0.25, 0.3) is 5.91 Å². The van der Waals surface area contributed by atoms with E-state index >= 15 is 0 Å². The molecule has 0 aliphatic rings. The van der Waals surface area contributed by atoms with Crippen molar-refractivity contribution in [2.24, 2.45) is 5.10 Å². The van der Waals surface area contributed by atoms with Crippen molar-refractivity contribution in [3.8, 4) is 0 Å². The highest BCUT2D eigenvalue weighted by Gasteiger charge is 2.31. The standard InChI is InChI=1S/C22H18F3N3O3S/c1-14-20(32-15(2)27-14)21(30)31-13-19(29)28(26-12-16-7-4-3-5-8-16)18-10-6-9-17(11-18)22(23,24)25/h3-12H,13H2,1-2H3. The molecule has 2 aromatic carbocycles. The highest BCUT2D eigenvalue weighted by Crippen LogP contribution is 2.32. The molecule has 10 heteroatoms. The maximum absolute atomic E-state index is 13.1. The molecule has 0 radical (unpaired) electrons. The van der Waals surface area contributed by atoms with Gasteiger partial charge in [0.05, 0.1) is 28.2 Å². The van der Waals surface area contributed by atoms with Gasteiger partial charge in [0.1, 0.15) is 4.88 Å². The molecule has 1 amide bonds. The van der Waals surface area contributed by atoms with Gasteiger partial charge in [0.15, 0.2) is 6.61 Å². The van der Waals surface area contributed by atoms with Crippen LogP contribution < -0.4 is 5.01 Å². The molecule has 0 N–H and O–H groups in total. The first-order chi connectivity index (χ1) is 15.1. The summed E-state index contributed by atoms with van der Waals surface area (Å²) >= 11 is 1.13. The van der Waals surface area contributed by atoms with Crippen molar-refractivity contribution in [3.63, 3.8) is 0 Å². The fourth-order valence-electron chi connectivity index (χ4n) is 2.73. The van der Waals surface area contributed by atoms with E-state index in [0.29, 0.717) is 16.3 Å². The fraction of sp³-hybridized carbons (Fsp3) is 0.182. The molecule has 32 heavy (non-hydrogen) atoms. The molecule has 1 heterocycles. The third-order valence-corrected chi connectivity index (χ3v) is 5.24. The van der Waals surface area contributed by atoms with E-state index in [1.54, 1.807) is 44.2 Å². The summed E-state index contributed by atoms with van der Waals surface area (Å²) in [6, 6.07) is 12.9. The van der Waals surface area contributed by atoms with Crippen molar-refractivity contribution in [2.45, 2.75) is 20.0 Å². The number of ether oxygens (including phenoxy) is 1. The number of thiazole rings is 1. The lowest BCUT2D eigenvalue weighted by Gasteiger charge is -2.18. The van der Waals surface area contributed by atoms with Crippen LogP contribution in [0.2, 0.25) is 0 Å². The first-order valence-corrected chi connectivity index (χ1v) is 10.2.